The Balaban J connectivity index is 1.84. The molecule has 0 spiro atoms. The Kier molecular flexibility index (Phi) is 7.87. The van der Waals surface area contributed by atoms with E-state index in [1.54, 1.807) is 0 Å². The number of rotatable bonds is 11. The van der Waals surface area contributed by atoms with Gasteiger partial charge in [0.05, 0.1) is 0 Å². The summed E-state index contributed by atoms with van der Waals surface area (Å²) in [6.07, 6.45) is 11.2. The van der Waals surface area contributed by atoms with Crippen molar-refractivity contribution in [3.05, 3.63) is 0 Å². The highest BCUT2D eigenvalue weighted by Gasteiger charge is 2.25. The molecule has 2 heteroatoms. The Morgan fingerprint density at radius 2 is 1.88 bits per heavy atom. The van der Waals surface area contributed by atoms with Crippen molar-refractivity contribution >= 4 is 0 Å². The molecule has 1 aliphatic carbocycles. The molecule has 1 atom stereocenters. The van der Waals surface area contributed by atoms with E-state index in [0.717, 1.165) is 12.6 Å². The van der Waals surface area contributed by atoms with Gasteiger partial charge >= 0.3 is 0 Å². The van der Waals surface area contributed by atoms with Crippen LogP contribution in [0, 0.1) is 0 Å². The van der Waals surface area contributed by atoms with Crippen LogP contribution < -0.4 is 5.32 Å². The summed E-state index contributed by atoms with van der Waals surface area (Å²) in [5.74, 6) is 0. The van der Waals surface area contributed by atoms with Gasteiger partial charge in [-0.3, -0.25) is 0 Å². The zero-order chi connectivity index (χ0) is 12.5. The molecule has 0 saturated heterocycles. The molecule has 1 unspecified atom stereocenters. The molecule has 1 saturated carbocycles. The predicted octanol–water partition coefficient (Wildman–Crippen LogP) is 3.42. The van der Waals surface area contributed by atoms with Gasteiger partial charge in [-0.05, 0) is 33.2 Å². The summed E-state index contributed by atoms with van der Waals surface area (Å²) in [5.41, 5.74) is 0. The molecule has 0 bridgehead atoms. The average Bonchev–Trinajstić information content (AvgIpc) is 3.12. The topological polar surface area (TPSA) is 15.3 Å². The first-order valence-corrected chi connectivity index (χ1v) is 7.67. The van der Waals surface area contributed by atoms with Crippen molar-refractivity contribution in [2.45, 2.75) is 77.3 Å². The molecule has 1 aliphatic rings. The van der Waals surface area contributed by atoms with E-state index in [1.165, 1.54) is 57.9 Å². The van der Waals surface area contributed by atoms with Crippen molar-refractivity contribution in [2.24, 2.45) is 0 Å². The van der Waals surface area contributed by atoms with Crippen molar-refractivity contribution in [3.63, 3.8) is 0 Å². The minimum Gasteiger partial charge on any atom is -0.313 e. The monoisotopic (exact) mass is 240 g/mol. The fourth-order valence-electron chi connectivity index (χ4n) is 2.34. The van der Waals surface area contributed by atoms with Gasteiger partial charge in [0, 0.05) is 25.2 Å². The summed E-state index contributed by atoms with van der Waals surface area (Å²) in [6, 6.07) is 1.60. The van der Waals surface area contributed by atoms with E-state index in [4.69, 9.17) is 0 Å². The van der Waals surface area contributed by atoms with Crippen LogP contribution in [0.25, 0.3) is 0 Å². The maximum Gasteiger partial charge on any atom is 0.0107 e. The Hall–Kier alpha value is -0.0800. The molecule has 0 aromatic carbocycles. The Bertz CT molecular complexity index is 178. The SMILES string of the molecule is CCCCCCCC(C)NCCN(C)C1CC1. The van der Waals surface area contributed by atoms with Crippen molar-refractivity contribution in [2.75, 3.05) is 20.1 Å². The lowest BCUT2D eigenvalue weighted by molar-refractivity contribution is 0.313. The lowest BCUT2D eigenvalue weighted by Crippen LogP contribution is -2.35. The van der Waals surface area contributed by atoms with Crippen LogP contribution in [0.1, 0.15) is 65.2 Å². The number of hydrogen-bond acceptors (Lipinski definition) is 2. The number of hydrogen-bond donors (Lipinski definition) is 1. The minimum absolute atomic E-state index is 0.698. The molecular formula is C15H32N2. The standard InChI is InChI=1S/C15H32N2/c1-4-5-6-7-8-9-14(2)16-12-13-17(3)15-10-11-15/h14-16H,4-13H2,1-3H3. The number of nitrogens with one attached hydrogen (secondary N) is 1. The van der Waals surface area contributed by atoms with Crippen molar-refractivity contribution in [1.82, 2.24) is 10.2 Å². The molecule has 0 aromatic heterocycles. The summed E-state index contributed by atoms with van der Waals surface area (Å²) < 4.78 is 0. The van der Waals surface area contributed by atoms with E-state index in [0.29, 0.717) is 6.04 Å². The maximum absolute atomic E-state index is 3.65. The van der Waals surface area contributed by atoms with Crippen LogP contribution in [0.4, 0.5) is 0 Å². The molecule has 0 heterocycles. The first-order chi connectivity index (χ1) is 8.24. The van der Waals surface area contributed by atoms with E-state index in [9.17, 15) is 0 Å². The molecule has 0 aliphatic heterocycles. The van der Waals surface area contributed by atoms with E-state index in [1.807, 2.05) is 0 Å². The van der Waals surface area contributed by atoms with Crippen molar-refractivity contribution < 1.29 is 0 Å². The second-order valence-corrected chi connectivity index (χ2v) is 5.77. The van der Waals surface area contributed by atoms with Crippen LogP contribution in [0.5, 0.6) is 0 Å². The largest absolute Gasteiger partial charge is 0.313 e. The van der Waals surface area contributed by atoms with Gasteiger partial charge in [-0.1, -0.05) is 39.0 Å². The Morgan fingerprint density at radius 3 is 2.53 bits per heavy atom. The lowest BCUT2D eigenvalue weighted by atomic mass is 10.1. The van der Waals surface area contributed by atoms with E-state index < -0.39 is 0 Å². The first-order valence-electron chi connectivity index (χ1n) is 7.67. The van der Waals surface area contributed by atoms with Gasteiger partial charge in [-0.2, -0.15) is 0 Å². The number of nitrogens with zero attached hydrogens (tertiary/aromatic N) is 1. The van der Waals surface area contributed by atoms with Crippen LogP contribution in [-0.2, 0) is 0 Å². The summed E-state index contributed by atoms with van der Waals surface area (Å²) in [6.45, 7) is 6.98. The summed E-state index contributed by atoms with van der Waals surface area (Å²) in [5, 5.41) is 3.65. The van der Waals surface area contributed by atoms with E-state index >= 15 is 0 Å². The zero-order valence-electron chi connectivity index (χ0n) is 12.2. The third-order valence-corrected chi connectivity index (χ3v) is 3.87. The Labute approximate surface area is 108 Å². The molecular weight excluding hydrogens is 208 g/mol. The Morgan fingerprint density at radius 1 is 1.18 bits per heavy atom. The number of unbranched alkanes of at least 4 members (excludes halogenated alkanes) is 4. The van der Waals surface area contributed by atoms with E-state index in [2.05, 4.69) is 31.1 Å². The second-order valence-electron chi connectivity index (χ2n) is 5.77. The molecule has 17 heavy (non-hydrogen) atoms. The molecule has 2 nitrogen and oxygen atoms in total. The van der Waals surface area contributed by atoms with Crippen molar-refractivity contribution in [3.8, 4) is 0 Å². The second kappa shape index (κ2) is 8.93. The lowest BCUT2D eigenvalue weighted by Gasteiger charge is -2.18. The summed E-state index contributed by atoms with van der Waals surface area (Å²) in [7, 11) is 2.26. The third kappa shape index (κ3) is 7.77. The first kappa shape index (κ1) is 15.0. The van der Waals surface area contributed by atoms with Gasteiger partial charge in [0.15, 0.2) is 0 Å². The molecule has 0 radical (unpaired) electrons. The average molecular weight is 240 g/mol. The van der Waals surface area contributed by atoms with Crippen LogP contribution in [0.2, 0.25) is 0 Å². The molecule has 1 N–H and O–H groups in total. The van der Waals surface area contributed by atoms with E-state index in [-0.39, 0.29) is 0 Å². The fraction of sp³-hybridized carbons (Fsp3) is 1.00. The highest BCUT2D eigenvalue weighted by Crippen LogP contribution is 2.24. The third-order valence-electron chi connectivity index (χ3n) is 3.87. The van der Waals surface area contributed by atoms with Gasteiger partial charge < -0.3 is 10.2 Å². The summed E-state index contributed by atoms with van der Waals surface area (Å²) in [4.78, 5) is 2.50. The predicted molar refractivity (Wildman–Crippen MR) is 76.5 cm³/mol. The molecule has 102 valence electrons. The van der Waals surface area contributed by atoms with Crippen LogP contribution >= 0.6 is 0 Å². The minimum atomic E-state index is 0.698. The smallest absolute Gasteiger partial charge is 0.0107 e. The zero-order valence-corrected chi connectivity index (χ0v) is 12.2. The molecule has 1 rings (SSSR count). The number of likely N-dealkylation sites (N-methyl/N-ethyl adjacent to an activating group) is 1. The summed E-state index contributed by atoms with van der Waals surface area (Å²) >= 11 is 0. The normalized spacial score (nSPS) is 17.6. The van der Waals surface area contributed by atoms with Gasteiger partial charge in [0.25, 0.3) is 0 Å². The van der Waals surface area contributed by atoms with Gasteiger partial charge in [0.1, 0.15) is 0 Å². The maximum atomic E-state index is 3.65. The highest BCUT2D eigenvalue weighted by atomic mass is 15.2. The fourth-order valence-corrected chi connectivity index (χ4v) is 2.34. The van der Waals surface area contributed by atoms with Crippen LogP contribution in [0.15, 0.2) is 0 Å². The van der Waals surface area contributed by atoms with Gasteiger partial charge in [-0.15, -0.1) is 0 Å². The van der Waals surface area contributed by atoms with Crippen LogP contribution in [-0.4, -0.2) is 37.1 Å². The molecule has 0 aromatic rings. The molecule has 0 amide bonds. The van der Waals surface area contributed by atoms with Gasteiger partial charge in [0.2, 0.25) is 0 Å². The van der Waals surface area contributed by atoms with Crippen LogP contribution in [0.3, 0.4) is 0 Å². The highest BCUT2D eigenvalue weighted by molar-refractivity contribution is 4.82. The van der Waals surface area contributed by atoms with Gasteiger partial charge in [-0.25, -0.2) is 0 Å². The van der Waals surface area contributed by atoms with Crippen molar-refractivity contribution in [1.29, 1.82) is 0 Å². The molecule has 1 fully saturated rings. The quantitative estimate of drug-likeness (QED) is 0.557.